The summed E-state index contributed by atoms with van der Waals surface area (Å²) in [5, 5.41) is 3.08. The molecule has 2 heterocycles. The van der Waals surface area contributed by atoms with Gasteiger partial charge in [-0.3, -0.25) is 14.9 Å². The molecule has 4 nitrogen and oxygen atoms in total. The van der Waals surface area contributed by atoms with Gasteiger partial charge < -0.3 is 4.90 Å². The van der Waals surface area contributed by atoms with Crippen molar-refractivity contribution in [2.45, 2.75) is 25.2 Å². The third kappa shape index (κ3) is 2.58. The molecule has 1 spiro atoms. The van der Waals surface area contributed by atoms with Crippen LogP contribution in [0.1, 0.15) is 30.7 Å². The summed E-state index contributed by atoms with van der Waals surface area (Å²) >= 11 is 6.32. The van der Waals surface area contributed by atoms with Crippen LogP contribution in [0, 0.1) is 5.41 Å². The Morgan fingerprint density at radius 2 is 2.10 bits per heavy atom. The second kappa shape index (κ2) is 5.43. The van der Waals surface area contributed by atoms with Gasteiger partial charge in [-0.2, -0.15) is 0 Å². The number of nitrogens with one attached hydrogen (secondary N) is 1. The van der Waals surface area contributed by atoms with Crippen molar-refractivity contribution in [2.75, 3.05) is 20.1 Å². The van der Waals surface area contributed by atoms with E-state index in [4.69, 9.17) is 11.6 Å². The van der Waals surface area contributed by atoms with Crippen molar-refractivity contribution in [2.24, 2.45) is 5.41 Å². The lowest BCUT2D eigenvalue weighted by Crippen LogP contribution is -2.56. The normalized spacial score (nSPS) is 30.5. The van der Waals surface area contributed by atoms with E-state index in [1.165, 1.54) is 0 Å². The van der Waals surface area contributed by atoms with Crippen LogP contribution in [0.25, 0.3) is 0 Å². The van der Waals surface area contributed by atoms with E-state index in [9.17, 15) is 9.59 Å². The molecule has 0 aromatic heterocycles. The molecule has 5 heteroatoms. The predicted octanol–water partition coefficient (Wildman–Crippen LogP) is 2.18. The van der Waals surface area contributed by atoms with Gasteiger partial charge in [-0.1, -0.05) is 29.8 Å². The fourth-order valence-corrected chi connectivity index (χ4v) is 4.16. The largest absolute Gasteiger partial charge is 0.306 e. The predicted molar refractivity (Wildman–Crippen MR) is 81.1 cm³/mol. The van der Waals surface area contributed by atoms with Gasteiger partial charge in [0, 0.05) is 23.4 Å². The third-order valence-corrected chi connectivity index (χ3v) is 5.01. The smallest absolute Gasteiger partial charge is 0.234 e. The molecule has 0 saturated carbocycles. The van der Waals surface area contributed by atoms with E-state index in [1.54, 1.807) is 6.07 Å². The molecule has 2 aliphatic rings. The zero-order chi connectivity index (χ0) is 15.0. The fourth-order valence-electron chi connectivity index (χ4n) is 3.91. The summed E-state index contributed by atoms with van der Waals surface area (Å²) in [4.78, 5) is 26.7. The number of hydrogen-bond donors (Lipinski definition) is 1. The average molecular weight is 307 g/mol. The Hall–Kier alpha value is -1.39. The molecule has 2 saturated heterocycles. The number of carbonyl (C=O) groups is 2. The minimum Gasteiger partial charge on any atom is -0.306 e. The van der Waals surface area contributed by atoms with Crippen molar-refractivity contribution in [1.82, 2.24) is 10.2 Å². The Labute approximate surface area is 129 Å². The lowest BCUT2D eigenvalue weighted by molar-refractivity contribution is -0.142. The molecule has 1 aromatic rings. The number of imide groups is 1. The van der Waals surface area contributed by atoms with Gasteiger partial charge in [-0.25, -0.2) is 0 Å². The Balaban J connectivity index is 2.07. The highest BCUT2D eigenvalue weighted by Crippen LogP contribution is 2.49. The van der Waals surface area contributed by atoms with Gasteiger partial charge in [0.05, 0.1) is 5.92 Å². The zero-order valence-electron chi connectivity index (χ0n) is 12.1. The van der Waals surface area contributed by atoms with E-state index in [2.05, 4.69) is 10.2 Å². The maximum Gasteiger partial charge on any atom is 0.234 e. The summed E-state index contributed by atoms with van der Waals surface area (Å²) in [5.41, 5.74) is 0.497. The number of piperidine rings is 2. The second-order valence-electron chi connectivity index (χ2n) is 6.25. The van der Waals surface area contributed by atoms with Gasteiger partial charge in [0.2, 0.25) is 11.8 Å². The number of hydrogen-bond acceptors (Lipinski definition) is 3. The number of carbonyl (C=O) groups excluding carboxylic acids is 2. The van der Waals surface area contributed by atoms with E-state index in [0.717, 1.165) is 31.5 Å². The van der Waals surface area contributed by atoms with Crippen LogP contribution in [0.3, 0.4) is 0 Å². The SMILES string of the molecule is CN1CCCC2(CC(=O)NC(=O)C2c2ccccc2Cl)C1. The van der Waals surface area contributed by atoms with Crippen LogP contribution in [0.4, 0.5) is 0 Å². The third-order valence-electron chi connectivity index (χ3n) is 4.67. The summed E-state index contributed by atoms with van der Waals surface area (Å²) in [7, 11) is 2.04. The Bertz CT molecular complexity index is 589. The van der Waals surface area contributed by atoms with Gasteiger partial charge >= 0.3 is 0 Å². The summed E-state index contributed by atoms with van der Waals surface area (Å²) < 4.78 is 0. The molecule has 2 fully saturated rings. The van der Waals surface area contributed by atoms with E-state index in [-0.39, 0.29) is 23.1 Å². The Morgan fingerprint density at radius 3 is 2.81 bits per heavy atom. The minimum atomic E-state index is -0.355. The minimum absolute atomic E-state index is 0.168. The Kier molecular flexibility index (Phi) is 3.76. The first-order valence-electron chi connectivity index (χ1n) is 7.28. The first kappa shape index (κ1) is 14.5. The molecule has 2 atom stereocenters. The van der Waals surface area contributed by atoms with E-state index >= 15 is 0 Å². The lowest BCUT2D eigenvalue weighted by atomic mass is 9.63. The molecule has 1 aromatic carbocycles. The van der Waals surface area contributed by atoms with E-state index in [1.807, 2.05) is 25.2 Å². The zero-order valence-corrected chi connectivity index (χ0v) is 12.8. The summed E-state index contributed by atoms with van der Waals surface area (Å²) in [6.45, 7) is 1.76. The number of halogens is 1. The van der Waals surface area contributed by atoms with Gasteiger partial charge in [-0.15, -0.1) is 0 Å². The molecule has 0 radical (unpaired) electrons. The maximum absolute atomic E-state index is 12.5. The molecule has 112 valence electrons. The quantitative estimate of drug-likeness (QED) is 0.809. The van der Waals surface area contributed by atoms with Crippen LogP contribution in [-0.2, 0) is 9.59 Å². The van der Waals surface area contributed by atoms with E-state index in [0.29, 0.717) is 11.4 Å². The molecule has 2 unspecified atom stereocenters. The van der Waals surface area contributed by atoms with Gasteiger partial charge in [0.15, 0.2) is 0 Å². The highest BCUT2D eigenvalue weighted by Gasteiger charge is 2.51. The topological polar surface area (TPSA) is 49.4 Å². The number of likely N-dealkylation sites (tertiary alicyclic amines) is 1. The van der Waals surface area contributed by atoms with Crippen LogP contribution < -0.4 is 5.32 Å². The van der Waals surface area contributed by atoms with Crippen LogP contribution in [0.5, 0.6) is 0 Å². The molecule has 3 rings (SSSR count). The summed E-state index contributed by atoms with van der Waals surface area (Å²) in [6, 6.07) is 7.46. The van der Waals surface area contributed by atoms with Crippen LogP contribution in [0.2, 0.25) is 5.02 Å². The van der Waals surface area contributed by atoms with Gasteiger partial charge in [-0.05, 0) is 38.1 Å². The molecule has 2 aliphatic heterocycles. The highest BCUT2D eigenvalue weighted by atomic mass is 35.5. The van der Waals surface area contributed by atoms with Gasteiger partial charge in [0.1, 0.15) is 0 Å². The molecule has 0 bridgehead atoms. The fraction of sp³-hybridized carbons (Fsp3) is 0.500. The van der Waals surface area contributed by atoms with Crippen molar-refractivity contribution in [1.29, 1.82) is 0 Å². The molecular formula is C16H19ClN2O2. The molecule has 2 amide bonds. The number of rotatable bonds is 1. The first-order valence-corrected chi connectivity index (χ1v) is 7.66. The monoisotopic (exact) mass is 306 g/mol. The maximum atomic E-state index is 12.5. The van der Waals surface area contributed by atoms with Gasteiger partial charge in [0.25, 0.3) is 0 Å². The average Bonchev–Trinajstić information content (AvgIpc) is 2.39. The van der Waals surface area contributed by atoms with Crippen LogP contribution in [0.15, 0.2) is 24.3 Å². The summed E-state index contributed by atoms with van der Waals surface area (Å²) in [5.74, 6) is -0.736. The number of nitrogens with zero attached hydrogens (tertiary/aromatic N) is 1. The van der Waals surface area contributed by atoms with Crippen molar-refractivity contribution < 1.29 is 9.59 Å². The number of amides is 2. The standard InChI is InChI=1S/C16H19ClN2O2/c1-19-8-4-7-16(10-19)9-13(20)18-15(21)14(16)11-5-2-3-6-12(11)17/h2-3,5-6,14H,4,7-10H2,1H3,(H,18,20,21). The second-order valence-corrected chi connectivity index (χ2v) is 6.65. The highest BCUT2D eigenvalue weighted by molar-refractivity contribution is 6.31. The molecule has 1 N–H and O–H groups in total. The lowest BCUT2D eigenvalue weighted by Gasteiger charge is -2.48. The molecule has 21 heavy (non-hydrogen) atoms. The van der Waals surface area contributed by atoms with Crippen molar-refractivity contribution in [3.63, 3.8) is 0 Å². The summed E-state index contributed by atoms with van der Waals surface area (Å²) in [6.07, 6.45) is 2.27. The molecule has 0 aliphatic carbocycles. The Morgan fingerprint density at radius 1 is 1.33 bits per heavy atom. The van der Waals surface area contributed by atoms with Crippen molar-refractivity contribution in [3.05, 3.63) is 34.9 Å². The van der Waals surface area contributed by atoms with Crippen LogP contribution in [-0.4, -0.2) is 36.9 Å². The van der Waals surface area contributed by atoms with Crippen molar-refractivity contribution in [3.8, 4) is 0 Å². The van der Waals surface area contributed by atoms with E-state index < -0.39 is 0 Å². The molecular weight excluding hydrogens is 288 g/mol. The van der Waals surface area contributed by atoms with Crippen LogP contribution >= 0.6 is 11.6 Å². The number of benzene rings is 1. The first-order chi connectivity index (χ1) is 10.0. The van der Waals surface area contributed by atoms with Crippen molar-refractivity contribution >= 4 is 23.4 Å².